The lowest BCUT2D eigenvalue weighted by Gasteiger charge is -2.46. The average molecular weight is 567 g/mol. The second-order valence-corrected chi connectivity index (χ2v) is 11.8. The van der Waals surface area contributed by atoms with Crippen LogP contribution < -0.4 is 21.3 Å². The first-order valence-electron chi connectivity index (χ1n) is 14.8. The van der Waals surface area contributed by atoms with Crippen LogP contribution >= 0.6 is 0 Å². The van der Waals surface area contributed by atoms with Gasteiger partial charge in [-0.05, 0) is 80.1 Å². The average Bonchev–Trinajstić information content (AvgIpc) is 3.44. The van der Waals surface area contributed by atoms with E-state index >= 15 is 0 Å². The fraction of sp³-hybridized carbons (Fsp3) is 0.406. The van der Waals surface area contributed by atoms with Crippen LogP contribution in [0.3, 0.4) is 0 Å². The molecule has 1 saturated heterocycles. The SMILES string of the molecule is Cc1nc(-c2ccc(N3CCC[C@](C)(N[C@@H]4CCCC[C@H]4Nc4cc(-c5cccc(C(N)=O)c5)ccn4)C3)cn2)no1. The molecule has 3 aromatic heterocycles. The van der Waals surface area contributed by atoms with Gasteiger partial charge in [0.05, 0.1) is 11.9 Å². The number of pyridine rings is 2. The summed E-state index contributed by atoms with van der Waals surface area (Å²) in [5.74, 6) is 1.46. The first kappa shape index (κ1) is 27.8. The summed E-state index contributed by atoms with van der Waals surface area (Å²) in [5, 5.41) is 11.8. The van der Waals surface area contributed by atoms with E-state index in [9.17, 15) is 4.79 Å². The Hall–Kier alpha value is -4.31. The van der Waals surface area contributed by atoms with Crippen molar-refractivity contribution in [1.29, 1.82) is 0 Å². The number of aryl methyl sites for hydroxylation is 1. The minimum Gasteiger partial charge on any atom is -0.368 e. The smallest absolute Gasteiger partial charge is 0.248 e. The summed E-state index contributed by atoms with van der Waals surface area (Å²) in [6.07, 6.45) is 10.6. The number of hydrogen-bond acceptors (Lipinski definition) is 9. The van der Waals surface area contributed by atoms with Gasteiger partial charge in [-0.2, -0.15) is 4.98 Å². The molecule has 10 heteroatoms. The third-order valence-corrected chi connectivity index (χ3v) is 8.44. The van der Waals surface area contributed by atoms with Crippen LogP contribution in [-0.4, -0.2) is 56.7 Å². The number of amides is 1. The third-order valence-electron chi connectivity index (χ3n) is 8.44. The zero-order chi connectivity index (χ0) is 29.1. The Morgan fingerprint density at radius 2 is 1.88 bits per heavy atom. The first-order chi connectivity index (χ1) is 20.3. The summed E-state index contributed by atoms with van der Waals surface area (Å²) in [5.41, 5.74) is 9.73. The molecular weight excluding hydrogens is 528 g/mol. The van der Waals surface area contributed by atoms with Crippen LogP contribution in [0.25, 0.3) is 22.6 Å². The highest BCUT2D eigenvalue weighted by atomic mass is 16.5. The highest BCUT2D eigenvalue weighted by Gasteiger charge is 2.36. The monoisotopic (exact) mass is 566 g/mol. The molecule has 1 aliphatic heterocycles. The number of piperidine rings is 1. The van der Waals surface area contributed by atoms with Crippen LogP contribution in [0.1, 0.15) is 61.7 Å². The zero-order valence-electron chi connectivity index (χ0n) is 24.2. The summed E-state index contributed by atoms with van der Waals surface area (Å²) in [6, 6.07) is 16.1. The number of carbonyl (C=O) groups excluding carboxylic acids is 1. The summed E-state index contributed by atoms with van der Waals surface area (Å²) in [4.78, 5) is 27.6. The van der Waals surface area contributed by atoms with E-state index in [-0.39, 0.29) is 11.6 Å². The molecule has 218 valence electrons. The Morgan fingerprint density at radius 3 is 2.64 bits per heavy atom. The van der Waals surface area contributed by atoms with Crippen molar-refractivity contribution < 1.29 is 9.32 Å². The Balaban J connectivity index is 1.13. The molecule has 1 aromatic carbocycles. The van der Waals surface area contributed by atoms with Crippen LogP contribution in [0.15, 0.2) is 65.4 Å². The number of hydrogen-bond donors (Lipinski definition) is 3. The topological polar surface area (TPSA) is 135 Å². The van der Waals surface area contributed by atoms with Crippen molar-refractivity contribution >= 4 is 17.4 Å². The predicted molar refractivity (Wildman–Crippen MR) is 163 cm³/mol. The molecule has 4 N–H and O–H groups in total. The maximum atomic E-state index is 11.7. The number of benzene rings is 1. The van der Waals surface area contributed by atoms with Gasteiger partial charge >= 0.3 is 0 Å². The maximum Gasteiger partial charge on any atom is 0.248 e. The van der Waals surface area contributed by atoms with E-state index in [1.165, 1.54) is 12.8 Å². The zero-order valence-corrected chi connectivity index (χ0v) is 24.2. The first-order valence-corrected chi connectivity index (χ1v) is 14.8. The molecule has 0 bridgehead atoms. The lowest BCUT2D eigenvalue weighted by atomic mass is 9.84. The fourth-order valence-electron chi connectivity index (χ4n) is 6.34. The van der Waals surface area contributed by atoms with Crippen LogP contribution in [-0.2, 0) is 0 Å². The molecule has 0 unspecified atom stereocenters. The molecule has 10 nitrogen and oxygen atoms in total. The van der Waals surface area contributed by atoms with Crippen molar-refractivity contribution in [2.45, 2.75) is 70.0 Å². The van der Waals surface area contributed by atoms with Crippen molar-refractivity contribution in [3.63, 3.8) is 0 Å². The predicted octanol–water partition coefficient (Wildman–Crippen LogP) is 4.97. The Morgan fingerprint density at radius 1 is 1.05 bits per heavy atom. The van der Waals surface area contributed by atoms with Crippen molar-refractivity contribution in [1.82, 2.24) is 25.4 Å². The molecule has 0 radical (unpaired) electrons. The highest BCUT2D eigenvalue weighted by Crippen LogP contribution is 2.31. The Bertz CT molecular complexity index is 1540. The largest absolute Gasteiger partial charge is 0.368 e. The maximum absolute atomic E-state index is 11.7. The fourth-order valence-corrected chi connectivity index (χ4v) is 6.34. The summed E-state index contributed by atoms with van der Waals surface area (Å²) < 4.78 is 5.10. The number of nitrogens with zero attached hydrogens (tertiary/aromatic N) is 5. The van der Waals surface area contributed by atoms with Crippen LogP contribution in [0.5, 0.6) is 0 Å². The number of nitrogens with one attached hydrogen (secondary N) is 2. The molecular formula is C32H38N8O2. The molecule has 3 atom stereocenters. The number of aromatic nitrogens is 4. The van der Waals surface area contributed by atoms with Gasteiger partial charge in [-0.3, -0.25) is 9.78 Å². The van der Waals surface area contributed by atoms with Crippen LogP contribution in [0, 0.1) is 6.92 Å². The Kier molecular flexibility index (Phi) is 7.88. The normalized spacial score (nSPS) is 22.6. The lowest BCUT2D eigenvalue weighted by Crippen LogP contribution is -2.61. The van der Waals surface area contributed by atoms with Gasteiger partial charge in [-0.15, -0.1) is 0 Å². The van der Waals surface area contributed by atoms with E-state index in [1.54, 1.807) is 13.0 Å². The van der Waals surface area contributed by atoms with Crippen LogP contribution in [0.2, 0.25) is 0 Å². The minimum atomic E-state index is -0.428. The van der Waals surface area contributed by atoms with Crippen molar-refractivity contribution in [3.05, 3.63) is 72.4 Å². The standard InChI is InChI=1S/C32H38N8O2/c1-21-36-31(39-42-21)28-12-11-25(19-35-28)40-16-6-14-32(2,20-40)38-27-10-4-3-9-26(27)37-29-18-23(13-15-34-29)22-7-5-8-24(17-22)30(33)41/h5,7-8,11-13,15,17-19,26-27,38H,3-4,6,9-10,14,16,20H2,1-2H3,(H2,33,41)(H,34,37)/t26-,27-,32+/m1/s1. The van der Waals surface area contributed by atoms with E-state index in [4.69, 9.17) is 10.3 Å². The van der Waals surface area contributed by atoms with Gasteiger partial charge in [0.25, 0.3) is 0 Å². The van der Waals surface area contributed by atoms with Gasteiger partial charge in [-0.25, -0.2) is 4.98 Å². The number of carbonyl (C=O) groups is 1. The van der Waals surface area contributed by atoms with Gasteiger partial charge in [0.1, 0.15) is 11.5 Å². The molecule has 4 heterocycles. The third kappa shape index (κ3) is 6.28. The lowest BCUT2D eigenvalue weighted by molar-refractivity contribution is 0.100. The van der Waals surface area contributed by atoms with Crippen molar-refractivity contribution in [2.24, 2.45) is 5.73 Å². The van der Waals surface area contributed by atoms with Gasteiger partial charge in [-0.1, -0.05) is 30.1 Å². The molecule has 0 spiro atoms. The molecule has 6 rings (SSSR count). The molecule has 1 aliphatic carbocycles. The van der Waals surface area contributed by atoms with E-state index in [1.807, 2.05) is 42.7 Å². The van der Waals surface area contributed by atoms with Gasteiger partial charge in [0, 0.05) is 49.4 Å². The minimum absolute atomic E-state index is 0.0336. The second-order valence-electron chi connectivity index (χ2n) is 11.8. The molecule has 2 fully saturated rings. The van der Waals surface area contributed by atoms with Gasteiger partial charge < -0.3 is 25.8 Å². The number of nitrogens with two attached hydrogens (primary N) is 1. The summed E-state index contributed by atoms with van der Waals surface area (Å²) in [6.45, 7) is 6.03. The number of anilines is 2. The highest BCUT2D eigenvalue weighted by molar-refractivity contribution is 5.94. The molecule has 2 aliphatic rings. The number of rotatable bonds is 8. The van der Waals surface area contributed by atoms with Crippen LogP contribution in [0.4, 0.5) is 11.5 Å². The molecule has 4 aromatic rings. The van der Waals surface area contributed by atoms with E-state index in [0.29, 0.717) is 29.0 Å². The number of primary amides is 1. The van der Waals surface area contributed by atoms with Crippen molar-refractivity contribution in [3.8, 4) is 22.6 Å². The van der Waals surface area contributed by atoms with Gasteiger partial charge in [0.15, 0.2) is 0 Å². The molecule has 1 saturated carbocycles. The molecule has 1 amide bonds. The quantitative estimate of drug-likeness (QED) is 0.270. The second kappa shape index (κ2) is 11.9. The van der Waals surface area contributed by atoms with Crippen molar-refractivity contribution in [2.75, 3.05) is 23.3 Å². The van der Waals surface area contributed by atoms with E-state index in [0.717, 1.165) is 61.4 Å². The van der Waals surface area contributed by atoms with Gasteiger partial charge in [0.2, 0.25) is 17.6 Å². The van der Waals surface area contributed by atoms with E-state index < -0.39 is 5.91 Å². The summed E-state index contributed by atoms with van der Waals surface area (Å²) >= 11 is 0. The van der Waals surface area contributed by atoms with E-state index in [2.05, 4.69) is 54.7 Å². The Labute approximate surface area is 246 Å². The molecule has 42 heavy (non-hydrogen) atoms. The summed E-state index contributed by atoms with van der Waals surface area (Å²) in [7, 11) is 0.